The van der Waals surface area contributed by atoms with Crippen molar-refractivity contribution in [3.63, 3.8) is 0 Å². The Hall–Kier alpha value is -1.57. The molecule has 0 fully saturated rings. The zero-order valence-corrected chi connectivity index (χ0v) is 12.4. The van der Waals surface area contributed by atoms with Crippen LogP contribution in [0.2, 0.25) is 5.02 Å². The number of anilines is 1. The molecule has 4 N–H and O–H groups in total. The molecular weight excluding hydrogens is 300 g/mol. The number of hydrogen-bond acceptors (Lipinski definition) is 4. The van der Waals surface area contributed by atoms with Gasteiger partial charge in [0.1, 0.15) is 5.82 Å². The molecule has 20 heavy (non-hydrogen) atoms. The van der Waals surface area contributed by atoms with Crippen LogP contribution in [0.25, 0.3) is 0 Å². The molecule has 1 heterocycles. The number of nitrogen functional groups attached to an aromatic ring is 1. The Morgan fingerprint density at radius 3 is 2.80 bits per heavy atom. The summed E-state index contributed by atoms with van der Waals surface area (Å²) in [7, 11) is -3.69. The van der Waals surface area contributed by atoms with E-state index in [1.54, 1.807) is 12.4 Å². The van der Waals surface area contributed by atoms with Crippen LogP contribution < -0.4 is 10.5 Å². The molecule has 0 aliphatic rings. The third-order valence-corrected chi connectivity index (χ3v) is 4.63. The van der Waals surface area contributed by atoms with Crippen molar-refractivity contribution in [2.45, 2.75) is 24.3 Å². The number of aromatic amines is 1. The molecule has 1 aromatic heterocycles. The summed E-state index contributed by atoms with van der Waals surface area (Å²) in [6.07, 6.45) is 3.79. The van der Waals surface area contributed by atoms with Crippen LogP contribution in [-0.2, 0) is 10.0 Å². The van der Waals surface area contributed by atoms with Crippen LogP contribution in [0.15, 0.2) is 35.5 Å². The number of nitrogens with zero attached hydrogens (tertiary/aromatic N) is 1. The Morgan fingerprint density at radius 2 is 2.25 bits per heavy atom. The Morgan fingerprint density at radius 1 is 1.50 bits per heavy atom. The van der Waals surface area contributed by atoms with Crippen LogP contribution in [-0.4, -0.2) is 18.4 Å². The van der Waals surface area contributed by atoms with Gasteiger partial charge in [-0.25, -0.2) is 18.1 Å². The number of aromatic nitrogens is 2. The van der Waals surface area contributed by atoms with Gasteiger partial charge in [-0.2, -0.15) is 0 Å². The maximum Gasteiger partial charge on any atom is 0.241 e. The molecule has 0 radical (unpaired) electrons. The number of H-pyrrole nitrogens is 1. The number of halogens is 1. The molecule has 1 aromatic carbocycles. The van der Waals surface area contributed by atoms with Crippen molar-refractivity contribution in [2.24, 2.45) is 0 Å². The minimum atomic E-state index is -3.69. The van der Waals surface area contributed by atoms with Gasteiger partial charge < -0.3 is 10.7 Å². The highest BCUT2D eigenvalue weighted by atomic mass is 35.5. The van der Waals surface area contributed by atoms with Gasteiger partial charge in [-0.05, 0) is 24.6 Å². The maximum absolute atomic E-state index is 12.3. The molecule has 0 spiro atoms. The minimum absolute atomic E-state index is 0.0710. The summed E-state index contributed by atoms with van der Waals surface area (Å²) in [6.45, 7) is 1.87. The number of nitrogens with one attached hydrogen (secondary N) is 2. The predicted molar refractivity (Wildman–Crippen MR) is 77.8 cm³/mol. The van der Waals surface area contributed by atoms with E-state index in [1.807, 2.05) is 6.92 Å². The summed E-state index contributed by atoms with van der Waals surface area (Å²) in [6, 6.07) is 3.78. The number of benzene rings is 1. The Balaban J connectivity index is 2.28. The summed E-state index contributed by atoms with van der Waals surface area (Å²) in [4.78, 5) is 7.04. The fourth-order valence-electron chi connectivity index (χ4n) is 1.73. The molecule has 6 nitrogen and oxygen atoms in total. The van der Waals surface area contributed by atoms with E-state index >= 15 is 0 Å². The molecule has 1 atom stereocenters. The summed E-state index contributed by atoms with van der Waals surface area (Å²) >= 11 is 5.85. The quantitative estimate of drug-likeness (QED) is 0.735. The van der Waals surface area contributed by atoms with E-state index in [0.29, 0.717) is 17.9 Å². The molecule has 0 amide bonds. The van der Waals surface area contributed by atoms with Crippen LogP contribution in [0.4, 0.5) is 5.69 Å². The minimum Gasteiger partial charge on any atom is -0.398 e. The molecule has 0 bridgehead atoms. The van der Waals surface area contributed by atoms with Crippen LogP contribution in [0.1, 0.15) is 25.2 Å². The van der Waals surface area contributed by atoms with Gasteiger partial charge in [-0.15, -0.1) is 0 Å². The average molecular weight is 315 g/mol. The van der Waals surface area contributed by atoms with Crippen molar-refractivity contribution >= 4 is 27.3 Å². The first-order valence-corrected chi connectivity index (χ1v) is 7.86. The normalized spacial score (nSPS) is 13.3. The first-order valence-electron chi connectivity index (χ1n) is 6.00. The highest BCUT2D eigenvalue weighted by Crippen LogP contribution is 2.24. The van der Waals surface area contributed by atoms with Crippen LogP contribution in [0, 0.1) is 0 Å². The molecule has 0 aliphatic carbocycles. The number of rotatable bonds is 5. The lowest BCUT2D eigenvalue weighted by Crippen LogP contribution is -2.29. The van der Waals surface area contributed by atoms with Gasteiger partial charge in [0.05, 0.1) is 21.6 Å². The van der Waals surface area contributed by atoms with Gasteiger partial charge in [-0.1, -0.05) is 18.5 Å². The fourth-order valence-corrected chi connectivity index (χ4v) is 3.29. The molecule has 0 saturated heterocycles. The first kappa shape index (κ1) is 14.8. The molecule has 1 unspecified atom stereocenters. The van der Waals surface area contributed by atoms with Gasteiger partial charge in [0.15, 0.2) is 0 Å². The Bertz CT molecular complexity index is 685. The highest BCUT2D eigenvalue weighted by Gasteiger charge is 2.22. The molecule has 108 valence electrons. The Kier molecular flexibility index (Phi) is 4.32. The van der Waals surface area contributed by atoms with Crippen molar-refractivity contribution in [2.75, 3.05) is 5.73 Å². The number of imidazole rings is 1. The van der Waals surface area contributed by atoms with E-state index in [4.69, 9.17) is 17.3 Å². The number of sulfonamides is 1. The Labute approximate surface area is 122 Å². The predicted octanol–water partition coefficient (Wildman–Crippen LogP) is 2.07. The summed E-state index contributed by atoms with van der Waals surface area (Å²) in [5, 5.41) is 0.207. The van der Waals surface area contributed by atoms with Crippen LogP contribution in [0.5, 0.6) is 0 Å². The SMILES string of the molecule is CCC(NS(=O)(=O)c1ccc(N)c(Cl)c1)c1ncc[nH]1. The lowest BCUT2D eigenvalue weighted by atomic mass is 10.2. The first-order chi connectivity index (χ1) is 9.44. The zero-order chi connectivity index (χ0) is 14.8. The van der Waals surface area contributed by atoms with Crippen LogP contribution in [0.3, 0.4) is 0 Å². The lowest BCUT2D eigenvalue weighted by Gasteiger charge is -2.15. The maximum atomic E-state index is 12.3. The van der Waals surface area contributed by atoms with E-state index in [-0.39, 0.29) is 9.92 Å². The molecule has 8 heteroatoms. The second-order valence-electron chi connectivity index (χ2n) is 4.24. The van der Waals surface area contributed by atoms with Gasteiger partial charge >= 0.3 is 0 Å². The molecule has 0 saturated carbocycles. The van der Waals surface area contributed by atoms with Crippen molar-refractivity contribution in [3.8, 4) is 0 Å². The van der Waals surface area contributed by atoms with Crippen molar-refractivity contribution in [1.82, 2.24) is 14.7 Å². The molecule has 2 aromatic rings. The number of nitrogens with two attached hydrogens (primary N) is 1. The average Bonchev–Trinajstić information content (AvgIpc) is 2.93. The standard InChI is InChI=1S/C12H15ClN4O2S/c1-2-11(12-15-5-6-16-12)17-20(18,19)8-3-4-10(14)9(13)7-8/h3-7,11,17H,2,14H2,1H3,(H,15,16). The monoisotopic (exact) mass is 314 g/mol. The molecular formula is C12H15ClN4O2S. The smallest absolute Gasteiger partial charge is 0.241 e. The highest BCUT2D eigenvalue weighted by molar-refractivity contribution is 7.89. The summed E-state index contributed by atoms with van der Waals surface area (Å²) in [5.74, 6) is 0.567. The van der Waals surface area contributed by atoms with Gasteiger partial charge in [0.25, 0.3) is 0 Å². The second-order valence-corrected chi connectivity index (χ2v) is 6.36. The van der Waals surface area contributed by atoms with Crippen LogP contribution >= 0.6 is 11.6 Å². The van der Waals surface area contributed by atoms with E-state index in [0.717, 1.165) is 0 Å². The van der Waals surface area contributed by atoms with Crippen molar-refractivity contribution in [3.05, 3.63) is 41.4 Å². The van der Waals surface area contributed by atoms with Crippen molar-refractivity contribution in [1.29, 1.82) is 0 Å². The third-order valence-electron chi connectivity index (χ3n) is 2.84. The largest absolute Gasteiger partial charge is 0.398 e. The van der Waals surface area contributed by atoms with Crippen molar-refractivity contribution < 1.29 is 8.42 Å². The third kappa shape index (κ3) is 3.12. The molecule has 2 rings (SSSR count). The fraction of sp³-hybridized carbons (Fsp3) is 0.250. The topological polar surface area (TPSA) is 101 Å². The van der Waals surface area contributed by atoms with Gasteiger partial charge in [0, 0.05) is 12.4 Å². The van der Waals surface area contributed by atoms with E-state index in [1.165, 1.54) is 18.2 Å². The second kappa shape index (κ2) is 5.82. The number of hydrogen-bond donors (Lipinski definition) is 3. The zero-order valence-electron chi connectivity index (χ0n) is 10.8. The van der Waals surface area contributed by atoms with E-state index in [2.05, 4.69) is 14.7 Å². The summed E-state index contributed by atoms with van der Waals surface area (Å²) in [5.41, 5.74) is 5.91. The van der Waals surface area contributed by atoms with Gasteiger partial charge in [0.2, 0.25) is 10.0 Å². The van der Waals surface area contributed by atoms with E-state index < -0.39 is 16.1 Å². The lowest BCUT2D eigenvalue weighted by molar-refractivity contribution is 0.539. The van der Waals surface area contributed by atoms with Gasteiger partial charge in [-0.3, -0.25) is 0 Å². The summed E-state index contributed by atoms with van der Waals surface area (Å²) < 4.78 is 27.2. The van der Waals surface area contributed by atoms with E-state index in [9.17, 15) is 8.42 Å². The molecule has 0 aliphatic heterocycles.